The molecule has 138 valence electrons. The van der Waals surface area contributed by atoms with Crippen molar-refractivity contribution in [3.63, 3.8) is 0 Å². The molecule has 0 aliphatic carbocycles. The van der Waals surface area contributed by atoms with Gasteiger partial charge in [0.15, 0.2) is 5.96 Å². The van der Waals surface area contributed by atoms with Crippen molar-refractivity contribution < 1.29 is 9.15 Å². The second kappa shape index (κ2) is 10.3. The molecule has 2 atom stereocenters. The van der Waals surface area contributed by atoms with E-state index in [1.807, 2.05) is 64.1 Å². The van der Waals surface area contributed by atoms with Crippen LogP contribution in [0.2, 0.25) is 0 Å². The largest absolute Gasteiger partial charge is 0.489 e. The van der Waals surface area contributed by atoms with Crippen LogP contribution in [0.1, 0.15) is 37.0 Å². The summed E-state index contributed by atoms with van der Waals surface area (Å²) in [5, 5.41) is 6.61. The van der Waals surface area contributed by atoms with E-state index in [9.17, 15) is 0 Å². The van der Waals surface area contributed by atoms with E-state index in [0.29, 0.717) is 6.54 Å². The monoisotopic (exact) mass is 457 g/mol. The number of nitrogens with one attached hydrogen (secondary N) is 2. The minimum Gasteiger partial charge on any atom is -0.489 e. The van der Waals surface area contributed by atoms with E-state index in [0.717, 1.165) is 28.8 Å². The molecular weight excluding hydrogens is 429 g/mol. The van der Waals surface area contributed by atoms with Crippen LogP contribution in [0.25, 0.3) is 0 Å². The lowest BCUT2D eigenvalue weighted by Crippen LogP contribution is -2.42. The van der Waals surface area contributed by atoms with Gasteiger partial charge in [-0.15, -0.1) is 24.0 Å². The van der Waals surface area contributed by atoms with E-state index in [4.69, 9.17) is 9.15 Å². The molecule has 2 aromatic rings. The molecule has 0 bridgehead atoms. The van der Waals surface area contributed by atoms with Crippen LogP contribution in [0, 0.1) is 13.8 Å². The number of rotatable bonds is 6. The molecule has 2 N–H and O–H groups in total. The molecule has 1 heterocycles. The molecule has 6 heteroatoms. The van der Waals surface area contributed by atoms with Crippen molar-refractivity contribution in [2.45, 2.75) is 39.8 Å². The maximum atomic E-state index is 5.97. The number of furan rings is 1. The van der Waals surface area contributed by atoms with Crippen LogP contribution in [-0.4, -0.2) is 25.7 Å². The third kappa shape index (κ3) is 6.61. The summed E-state index contributed by atoms with van der Waals surface area (Å²) in [6.45, 7) is 8.71. The third-order valence-corrected chi connectivity index (χ3v) is 3.74. The molecule has 25 heavy (non-hydrogen) atoms. The van der Waals surface area contributed by atoms with Crippen LogP contribution < -0.4 is 15.4 Å². The number of hydrogen-bond donors (Lipinski definition) is 2. The molecule has 5 nitrogen and oxygen atoms in total. The minimum absolute atomic E-state index is 0. The Bertz CT molecular complexity index is 685. The van der Waals surface area contributed by atoms with Gasteiger partial charge in [-0.25, -0.2) is 0 Å². The first-order chi connectivity index (χ1) is 11.5. The van der Waals surface area contributed by atoms with Gasteiger partial charge in [-0.05, 0) is 51.5 Å². The zero-order valence-corrected chi connectivity index (χ0v) is 17.8. The highest BCUT2D eigenvalue weighted by atomic mass is 127. The molecular formula is C19H28IN3O2. The molecule has 0 radical (unpaired) electrons. The van der Waals surface area contributed by atoms with Crippen molar-refractivity contribution >= 4 is 29.9 Å². The molecule has 2 unspecified atom stereocenters. The maximum absolute atomic E-state index is 5.97. The van der Waals surface area contributed by atoms with Gasteiger partial charge in [0.1, 0.15) is 23.4 Å². The van der Waals surface area contributed by atoms with Gasteiger partial charge in [0, 0.05) is 7.05 Å². The summed E-state index contributed by atoms with van der Waals surface area (Å²) in [5.74, 6) is 3.42. The number of guanidine groups is 1. The second-order valence-corrected chi connectivity index (χ2v) is 5.96. The van der Waals surface area contributed by atoms with Gasteiger partial charge in [0.2, 0.25) is 0 Å². The Morgan fingerprint density at radius 2 is 1.88 bits per heavy atom. The van der Waals surface area contributed by atoms with Crippen LogP contribution in [-0.2, 0) is 0 Å². The summed E-state index contributed by atoms with van der Waals surface area (Å²) in [6, 6.07) is 12.0. The highest BCUT2D eigenvalue weighted by Crippen LogP contribution is 2.18. The smallest absolute Gasteiger partial charge is 0.191 e. The predicted octanol–water partition coefficient (Wildman–Crippen LogP) is 4.21. The Hall–Kier alpha value is -1.70. The number of aryl methyl sites for hydroxylation is 2. The Labute approximate surface area is 167 Å². The van der Waals surface area contributed by atoms with E-state index in [2.05, 4.69) is 15.6 Å². The predicted molar refractivity (Wildman–Crippen MR) is 113 cm³/mol. The first-order valence-corrected chi connectivity index (χ1v) is 8.25. The fourth-order valence-electron chi connectivity index (χ4n) is 2.34. The lowest BCUT2D eigenvalue weighted by atomic mass is 10.2. The summed E-state index contributed by atoms with van der Waals surface area (Å²) in [5.41, 5.74) is 1.13. The minimum atomic E-state index is 0. The van der Waals surface area contributed by atoms with Gasteiger partial charge in [-0.3, -0.25) is 4.99 Å². The number of para-hydroxylation sites is 1. The van der Waals surface area contributed by atoms with Gasteiger partial charge in [0.25, 0.3) is 0 Å². The lowest BCUT2D eigenvalue weighted by Gasteiger charge is -2.20. The summed E-state index contributed by atoms with van der Waals surface area (Å²) in [6.07, 6.45) is 0.0193. The summed E-state index contributed by atoms with van der Waals surface area (Å²) < 4.78 is 11.6. The van der Waals surface area contributed by atoms with E-state index >= 15 is 0 Å². The fourth-order valence-corrected chi connectivity index (χ4v) is 2.34. The van der Waals surface area contributed by atoms with Crippen LogP contribution in [0.3, 0.4) is 0 Å². The Morgan fingerprint density at radius 1 is 1.16 bits per heavy atom. The zero-order chi connectivity index (χ0) is 17.5. The zero-order valence-electron chi connectivity index (χ0n) is 15.5. The number of ether oxygens (including phenoxy) is 1. The molecule has 0 saturated carbocycles. The van der Waals surface area contributed by atoms with Crippen LogP contribution in [0.5, 0.6) is 5.75 Å². The Morgan fingerprint density at radius 3 is 2.48 bits per heavy atom. The molecule has 0 aliphatic rings. The summed E-state index contributed by atoms with van der Waals surface area (Å²) in [4.78, 5) is 4.25. The van der Waals surface area contributed by atoms with Crippen molar-refractivity contribution in [3.05, 3.63) is 53.5 Å². The van der Waals surface area contributed by atoms with Gasteiger partial charge >= 0.3 is 0 Å². The topological polar surface area (TPSA) is 58.8 Å². The van der Waals surface area contributed by atoms with Crippen molar-refractivity contribution in [2.24, 2.45) is 4.99 Å². The normalized spacial score (nSPS) is 13.6. The summed E-state index contributed by atoms with van der Waals surface area (Å²) in [7, 11) is 1.75. The average Bonchev–Trinajstić information content (AvgIpc) is 3.00. The van der Waals surface area contributed by atoms with Crippen molar-refractivity contribution in [2.75, 3.05) is 13.6 Å². The molecule has 0 aliphatic heterocycles. The number of aliphatic imine (C=N–C) groups is 1. The third-order valence-electron chi connectivity index (χ3n) is 3.74. The first kappa shape index (κ1) is 21.3. The molecule has 0 fully saturated rings. The molecule has 0 spiro atoms. The maximum Gasteiger partial charge on any atom is 0.191 e. The van der Waals surface area contributed by atoms with Gasteiger partial charge in [-0.2, -0.15) is 0 Å². The summed E-state index contributed by atoms with van der Waals surface area (Å²) >= 11 is 0. The average molecular weight is 457 g/mol. The number of benzene rings is 1. The lowest BCUT2D eigenvalue weighted by molar-refractivity contribution is 0.222. The Balaban J connectivity index is 0.00000312. The number of nitrogens with zero attached hydrogens (tertiary/aromatic N) is 1. The van der Waals surface area contributed by atoms with Gasteiger partial charge in [-0.1, -0.05) is 18.2 Å². The quantitative estimate of drug-likeness (QED) is 0.388. The number of hydrogen-bond acceptors (Lipinski definition) is 3. The second-order valence-electron chi connectivity index (χ2n) is 5.96. The van der Waals surface area contributed by atoms with Crippen LogP contribution >= 0.6 is 24.0 Å². The highest BCUT2D eigenvalue weighted by Gasteiger charge is 2.12. The van der Waals surface area contributed by atoms with Crippen LogP contribution in [0.4, 0.5) is 0 Å². The molecule has 0 saturated heterocycles. The Kier molecular flexibility index (Phi) is 8.82. The number of halogens is 1. The van der Waals surface area contributed by atoms with Crippen molar-refractivity contribution in [1.82, 2.24) is 10.6 Å². The standard InChI is InChI=1S/C19H27N3O2.HI/c1-13-8-6-7-9-17(13)24-15(3)12-21-19(20-5)22-16(4)18-11-10-14(2)23-18;/h6-11,15-16H,12H2,1-5H3,(H2,20,21,22);1H. The SMILES string of the molecule is CN=C(NCC(C)Oc1ccccc1C)NC(C)c1ccc(C)o1.I. The molecule has 2 rings (SSSR count). The van der Waals surface area contributed by atoms with E-state index in [1.54, 1.807) is 7.05 Å². The fraction of sp³-hybridized carbons (Fsp3) is 0.421. The van der Waals surface area contributed by atoms with Crippen molar-refractivity contribution in [1.29, 1.82) is 0 Å². The molecule has 1 aromatic carbocycles. The van der Waals surface area contributed by atoms with E-state index < -0.39 is 0 Å². The van der Waals surface area contributed by atoms with E-state index in [-0.39, 0.29) is 36.1 Å². The molecule has 0 amide bonds. The van der Waals surface area contributed by atoms with E-state index in [1.165, 1.54) is 0 Å². The molecule has 1 aromatic heterocycles. The van der Waals surface area contributed by atoms with Crippen LogP contribution in [0.15, 0.2) is 45.8 Å². The van der Waals surface area contributed by atoms with Gasteiger partial charge < -0.3 is 19.8 Å². The first-order valence-electron chi connectivity index (χ1n) is 8.25. The van der Waals surface area contributed by atoms with Gasteiger partial charge in [0.05, 0.1) is 12.6 Å². The highest BCUT2D eigenvalue weighted by molar-refractivity contribution is 14.0. The van der Waals surface area contributed by atoms with Crippen molar-refractivity contribution in [3.8, 4) is 5.75 Å².